The maximum absolute atomic E-state index is 11.5. The van der Waals surface area contributed by atoms with Crippen LogP contribution in [0.5, 0.6) is 0 Å². The summed E-state index contributed by atoms with van der Waals surface area (Å²) >= 11 is 0. The van der Waals surface area contributed by atoms with Crippen molar-refractivity contribution in [3.05, 3.63) is 0 Å². The van der Waals surface area contributed by atoms with Crippen molar-refractivity contribution in [3.63, 3.8) is 0 Å². The maximum atomic E-state index is 11.5. The zero-order chi connectivity index (χ0) is 12.0. The smallest absolute Gasteiger partial charge is 0.153 e. The maximum Gasteiger partial charge on any atom is 0.153 e. The van der Waals surface area contributed by atoms with Gasteiger partial charge in [0.2, 0.25) is 0 Å². The predicted molar refractivity (Wildman–Crippen MR) is 65.3 cm³/mol. The third-order valence-corrected chi connectivity index (χ3v) is 5.55. The van der Waals surface area contributed by atoms with Crippen LogP contribution in [0.3, 0.4) is 0 Å². The number of rotatable bonds is 1. The molecule has 0 aliphatic carbocycles. The molecule has 2 fully saturated rings. The largest absolute Gasteiger partial charge is 0.310 e. The third-order valence-electron chi connectivity index (χ3n) is 3.75. The first-order chi connectivity index (χ1) is 7.29. The summed E-state index contributed by atoms with van der Waals surface area (Å²) in [6.45, 7) is 8.13. The summed E-state index contributed by atoms with van der Waals surface area (Å²) < 4.78 is 23.0. The normalized spacial score (nSPS) is 38.7. The number of hydrogen-bond acceptors (Lipinski definition) is 4. The number of hydrogen-bond donors (Lipinski definition) is 1. The molecule has 2 rings (SSSR count). The van der Waals surface area contributed by atoms with Crippen molar-refractivity contribution in [2.24, 2.45) is 0 Å². The van der Waals surface area contributed by atoms with Crippen LogP contribution >= 0.6 is 0 Å². The number of nitrogens with zero attached hydrogens (tertiary/aromatic N) is 1. The van der Waals surface area contributed by atoms with Gasteiger partial charge in [0.25, 0.3) is 0 Å². The fourth-order valence-electron chi connectivity index (χ4n) is 2.92. The zero-order valence-electron chi connectivity index (χ0n) is 10.4. The van der Waals surface area contributed by atoms with E-state index >= 15 is 0 Å². The highest BCUT2D eigenvalue weighted by atomic mass is 32.2. The summed E-state index contributed by atoms with van der Waals surface area (Å²) in [5.74, 6) is 0.651. The van der Waals surface area contributed by atoms with Gasteiger partial charge < -0.3 is 5.32 Å². The van der Waals surface area contributed by atoms with Crippen LogP contribution < -0.4 is 5.32 Å². The van der Waals surface area contributed by atoms with E-state index in [1.165, 1.54) is 0 Å². The van der Waals surface area contributed by atoms with Gasteiger partial charge in [0.05, 0.1) is 11.5 Å². The van der Waals surface area contributed by atoms with Gasteiger partial charge in [0, 0.05) is 30.7 Å². The van der Waals surface area contributed by atoms with Gasteiger partial charge in [-0.1, -0.05) is 0 Å². The zero-order valence-corrected chi connectivity index (χ0v) is 11.2. The van der Waals surface area contributed by atoms with E-state index in [1.807, 2.05) is 6.92 Å². The van der Waals surface area contributed by atoms with Crippen LogP contribution in [0, 0.1) is 0 Å². The standard InChI is InChI=1S/C11H22N2O2S/c1-9-8-16(14,15)5-4-13(9)10-6-11(2,3)12-7-10/h9-10,12H,4-8H2,1-3H3. The highest BCUT2D eigenvalue weighted by molar-refractivity contribution is 7.91. The minimum absolute atomic E-state index is 0.166. The van der Waals surface area contributed by atoms with Crippen LogP contribution in [0.25, 0.3) is 0 Å². The fourth-order valence-corrected chi connectivity index (χ4v) is 4.50. The average Bonchev–Trinajstić information content (AvgIpc) is 2.44. The van der Waals surface area contributed by atoms with Crippen molar-refractivity contribution in [2.75, 3.05) is 24.6 Å². The Labute approximate surface area is 98.3 Å². The summed E-state index contributed by atoms with van der Waals surface area (Å²) in [4.78, 5) is 2.36. The molecule has 2 aliphatic rings. The summed E-state index contributed by atoms with van der Waals surface area (Å²) in [6.07, 6.45) is 1.11. The van der Waals surface area contributed by atoms with Gasteiger partial charge in [0.1, 0.15) is 0 Å². The quantitative estimate of drug-likeness (QED) is 0.720. The molecule has 0 amide bonds. The molecule has 94 valence electrons. The Kier molecular flexibility index (Phi) is 3.05. The molecule has 2 unspecified atom stereocenters. The molecule has 0 saturated carbocycles. The molecule has 2 saturated heterocycles. The van der Waals surface area contributed by atoms with E-state index in [1.54, 1.807) is 0 Å². The molecule has 16 heavy (non-hydrogen) atoms. The van der Waals surface area contributed by atoms with Crippen LogP contribution in [0.4, 0.5) is 0 Å². The fraction of sp³-hybridized carbons (Fsp3) is 1.00. The molecule has 1 N–H and O–H groups in total. The highest BCUT2D eigenvalue weighted by Crippen LogP contribution is 2.25. The third kappa shape index (κ3) is 2.57. The van der Waals surface area contributed by atoms with Crippen molar-refractivity contribution in [1.82, 2.24) is 10.2 Å². The van der Waals surface area contributed by atoms with E-state index < -0.39 is 9.84 Å². The molecule has 0 bridgehead atoms. The van der Waals surface area contributed by atoms with Crippen LogP contribution in [-0.4, -0.2) is 55.5 Å². The van der Waals surface area contributed by atoms with E-state index in [2.05, 4.69) is 24.1 Å². The van der Waals surface area contributed by atoms with Crippen molar-refractivity contribution in [1.29, 1.82) is 0 Å². The minimum atomic E-state index is -2.79. The first kappa shape index (κ1) is 12.3. The molecule has 0 aromatic heterocycles. The Balaban J connectivity index is 2.02. The van der Waals surface area contributed by atoms with Gasteiger partial charge in [-0.3, -0.25) is 4.90 Å². The molecule has 0 spiro atoms. The molecule has 4 nitrogen and oxygen atoms in total. The van der Waals surface area contributed by atoms with Crippen LogP contribution in [0.15, 0.2) is 0 Å². The summed E-state index contributed by atoms with van der Waals surface area (Å²) in [5, 5.41) is 3.49. The molecule has 2 atom stereocenters. The van der Waals surface area contributed by atoms with Crippen molar-refractivity contribution in [2.45, 2.75) is 44.8 Å². The lowest BCUT2D eigenvalue weighted by molar-refractivity contribution is 0.163. The molecule has 2 aliphatic heterocycles. The van der Waals surface area contributed by atoms with E-state index in [0.29, 0.717) is 24.1 Å². The van der Waals surface area contributed by atoms with Crippen LogP contribution in [0.2, 0.25) is 0 Å². The van der Waals surface area contributed by atoms with Gasteiger partial charge in [0.15, 0.2) is 9.84 Å². The first-order valence-corrected chi connectivity index (χ1v) is 7.82. The number of sulfone groups is 1. The Morgan fingerprint density at radius 1 is 1.38 bits per heavy atom. The Bertz CT molecular complexity index is 364. The summed E-state index contributed by atoms with van der Waals surface area (Å²) in [6, 6.07) is 0.667. The second-order valence-electron chi connectivity index (χ2n) is 5.82. The van der Waals surface area contributed by atoms with Gasteiger partial charge in [-0.05, 0) is 27.2 Å². The van der Waals surface area contributed by atoms with Gasteiger partial charge in [-0.15, -0.1) is 0 Å². The van der Waals surface area contributed by atoms with E-state index in [9.17, 15) is 8.42 Å². The first-order valence-electron chi connectivity index (χ1n) is 6.00. The Hall–Kier alpha value is -0.130. The van der Waals surface area contributed by atoms with Gasteiger partial charge in [-0.25, -0.2) is 8.42 Å². The lowest BCUT2D eigenvalue weighted by atomic mass is 10.00. The average molecular weight is 246 g/mol. The Morgan fingerprint density at radius 3 is 2.56 bits per heavy atom. The molecule has 0 aromatic carbocycles. The lowest BCUT2D eigenvalue weighted by Crippen LogP contribution is -2.52. The van der Waals surface area contributed by atoms with E-state index in [-0.39, 0.29) is 11.6 Å². The molecule has 2 heterocycles. The molecule has 0 aromatic rings. The second kappa shape index (κ2) is 3.96. The minimum Gasteiger partial charge on any atom is -0.310 e. The van der Waals surface area contributed by atoms with Crippen molar-refractivity contribution >= 4 is 9.84 Å². The summed E-state index contributed by atoms with van der Waals surface area (Å²) in [7, 11) is -2.79. The molecular weight excluding hydrogens is 224 g/mol. The van der Waals surface area contributed by atoms with Crippen molar-refractivity contribution in [3.8, 4) is 0 Å². The molecule has 0 radical (unpaired) electrons. The molecule has 5 heteroatoms. The van der Waals surface area contributed by atoms with E-state index in [0.717, 1.165) is 13.0 Å². The Morgan fingerprint density at radius 2 is 2.06 bits per heavy atom. The monoisotopic (exact) mass is 246 g/mol. The highest BCUT2D eigenvalue weighted by Gasteiger charge is 2.38. The number of nitrogens with one attached hydrogen (secondary N) is 1. The topological polar surface area (TPSA) is 49.4 Å². The SMILES string of the molecule is CC1CS(=O)(=O)CCN1C1CNC(C)(C)C1. The van der Waals surface area contributed by atoms with Crippen LogP contribution in [0.1, 0.15) is 27.2 Å². The summed E-state index contributed by atoms with van der Waals surface area (Å²) in [5.41, 5.74) is 0.195. The van der Waals surface area contributed by atoms with E-state index in [4.69, 9.17) is 0 Å². The predicted octanol–water partition coefficient (Wildman–Crippen LogP) is 0.246. The van der Waals surface area contributed by atoms with Gasteiger partial charge in [-0.2, -0.15) is 0 Å². The molecular formula is C11H22N2O2S. The second-order valence-corrected chi connectivity index (χ2v) is 8.05. The van der Waals surface area contributed by atoms with Crippen molar-refractivity contribution < 1.29 is 8.42 Å². The van der Waals surface area contributed by atoms with Crippen LogP contribution in [-0.2, 0) is 9.84 Å². The van der Waals surface area contributed by atoms with Gasteiger partial charge >= 0.3 is 0 Å². The lowest BCUT2D eigenvalue weighted by Gasteiger charge is -2.37.